The molecule has 2 aromatic rings. The van der Waals surface area contributed by atoms with E-state index in [0.29, 0.717) is 37.6 Å². The van der Waals surface area contributed by atoms with E-state index >= 15 is 0 Å². The van der Waals surface area contributed by atoms with Crippen molar-refractivity contribution in [2.75, 3.05) is 32.7 Å². The summed E-state index contributed by atoms with van der Waals surface area (Å²) < 4.78 is 1.76. The van der Waals surface area contributed by atoms with E-state index in [9.17, 15) is 9.59 Å². The first-order valence-corrected chi connectivity index (χ1v) is 8.23. The van der Waals surface area contributed by atoms with Gasteiger partial charge in [0, 0.05) is 38.1 Å². The highest BCUT2D eigenvalue weighted by Crippen LogP contribution is 2.12. The third-order valence-corrected chi connectivity index (χ3v) is 4.26. The van der Waals surface area contributed by atoms with Crippen molar-refractivity contribution in [2.24, 2.45) is 5.73 Å². The van der Waals surface area contributed by atoms with Crippen LogP contribution in [0.2, 0.25) is 0 Å². The quantitative estimate of drug-likeness (QED) is 0.852. The second-order valence-corrected chi connectivity index (χ2v) is 6.28. The molecule has 0 saturated carbocycles. The van der Waals surface area contributed by atoms with Crippen molar-refractivity contribution in [2.45, 2.75) is 13.8 Å². The summed E-state index contributed by atoms with van der Waals surface area (Å²) in [5.74, 6) is 0.295. The van der Waals surface area contributed by atoms with Crippen molar-refractivity contribution >= 4 is 11.8 Å². The smallest absolute Gasteiger partial charge is 0.255 e. The van der Waals surface area contributed by atoms with Crippen LogP contribution in [0.4, 0.5) is 0 Å². The molecule has 0 radical (unpaired) electrons. The van der Waals surface area contributed by atoms with Gasteiger partial charge in [0.2, 0.25) is 5.91 Å². The van der Waals surface area contributed by atoms with Gasteiger partial charge in [0.25, 0.3) is 5.91 Å². The van der Waals surface area contributed by atoms with Crippen molar-refractivity contribution in [1.82, 2.24) is 24.6 Å². The van der Waals surface area contributed by atoms with Gasteiger partial charge in [0.15, 0.2) is 5.82 Å². The van der Waals surface area contributed by atoms with Gasteiger partial charge in [-0.3, -0.25) is 14.5 Å². The Kier molecular flexibility index (Phi) is 4.80. The van der Waals surface area contributed by atoms with Crippen LogP contribution in [0.5, 0.6) is 0 Å². The van der Waals surface area contributed by atoms with E-state index in [-0.39, 0.29) is 18.4 Å². The predicted octanol–water partition coefficient (Wildman–Crippen LogP) is 0.127. The zero-order valence-electron chi connectivity index (χ0n) is 14.5. The highest BCUT2D eigenvalue weighted by atomic mass is 16.2. The highest BCUT2D eigenvalue weighted by Gasteiger charge is 2.23. The van der Waals surface area contributed by atoms with Crippen LogP contribution < -0.4 is 5.73 Å². The lowest BCUT2D eigenvalue weighted by atomic mass is 10.2. The van der Waals surface area contributed by atoms with E-state index < -0.39 is 0 Å². The molecular weight excluding hydrogens is 320 g/mol. The Morgan fingerprint density at radius 1 is 1.16 bits per heavy atom. The molecule has 0 bridgehead atoms. The minimum Gasteiger partial charge on any atom is -0.369 e. The van der Waals surface area contributed by atoms with Crippen molar-refractivity contribution in [3.05, 3.63) is 41.3 Å². The number of primary amides is 1. The first-order valence-electron chi connectivity index (χ1n) is 8.23. The van der Waals surface area contributed by atoms with Crippen LogP contribution in [0.1, 0.15) is 21.7 Å². The largest absolute Gasteiger partial charge is 0.369 e. The van der Waals surface area contributed by atoms with Crippen LogP contribution in [0, 0.1) is 13.8 Å². The molecule has 2 aromatic heterocycles. The molecule has 1 aliphatic heterocycles. The summed E-state index contributed by atoms with van der Waals surface area (Å²) in [6.45, 7) is 6.57. The molecule has 0 unspecified atom stereocenters. The molecule has 0 atom stereocenters. The Hall–Kier alpha value is -2.74. The van der Waals surface area contributed by atoms with Crippen LogP contribution in [-0.4, -0.2) is 69.1 Å². The predicted molar refractivity (Wildman–Crippen MR) is 92.4 cm³/mol. The number of hydrogen-bond acceptors (Lipinski definition) is 5. The third kappa shape index (κ3) is 3.85. The summed E-state index contributed by atoms with van der Waals surface area (Å²) >= 11 is 0. The minimum absolute atomic E-state index is 0.0499. The first-order chi connectivity index (χ1) is 11.9. The standard InChI is InChI=1S/C17H22N6O2/c1-12-9-13(2)23(20-12)16-4-3-14(10-19-16)17(25)22-7-5-21(6-8-22)11-15(18)24/h3-4,9-10H,5-8,11H2,1-2H3,(H2,18,24). The van der Waals surface area contributed by atoms with Crippen molar-refractivity contribution in [1.29, 1.82) is 0 Å². The van der Waals surface area contributed by atoms with Crippen LogP contribution >= 0.6 is 0 Å². The summed E-state index contributed by atoms with van der Waals surface area (Å²) in [7, 11) is 0. The van der Waals surface area contributed by atoms with Gasteiger partial charge in [-0.05, 0) is 32.0 Å². The number of aryl methyl sites for hydroxylation is 2. The topological polar surface area (TPSA) is 97.3 Å². The number of nitrogens with two attached hydrogens (primary N) is 1. The summed E-state index contributed by atoms with van der Waals surface area (Å²) in [5, 5.41) is 4.39. The van der Waals surface area contributed by atoms with Crippen LogP contribution in [0.15, 0.2) is 24.4 Å². The number of carbonyl (C=O) groups is 2. The third-order valence-electron chi connectivity index (χ3n) is 4.26. The maximum atomic E-state index is 12.6. The normalized spacial score (nSPS) is 15.4. The summed E-state index contributed by atoms with van der Waals surface area (Å²) in [5.41, 5.74) is 7.68. The molecule has 3 rings (SSSR count). The zero-order valence-corrected chi connectivity index (χ0v) is 14.5. The molecule has 132 valence electrons. The van der Waals surface area contributed by atoms with Gasteiger partial charge in [0.1, 0.15) is 0 Å². The number of aromatic nitrogens is 3. The fourth-order valence-electron chi connectivity index (χ4n) is 3.01. The van der Waals surface area contributed by atoms with E-state index in [1.54, 1.807) is 27.9 Å². The van der Waals surface area contributed by atoms with Crippen molar-refractivity contribution in [3.8, 4) is 5.82 Å². The van der Waals surface area contributed by atoms with E-state index in [1.165, 1.54) is 0 Å². The number of pyridine rings is 1. The SMILES string of the molecule is Cc1cc(C)n(-c2ccc(C(=O)N3CCN(CC(N)=O)CC3)cn2)n1. The average Bonchev–Trinajstić information content (AvgIpc) is 2.93. The van der Waals surface area contributed by atoms with Gasteiger partial charge < -0.3 is 10.6 Å². The van der Waals surface area contributed by atoms with Gasteiger partial charge in [-0.15, -0.1) is 0 Å². The fourth-order valence-corrected chi connectivity index (χ4v) is 3.01. The Labute approximate surface area is 146 Å². The number of amides is 2. The maximum absolute atomic E-state index is 12.6. The average molecular weight is 342 g/mol. The highest BCUT2D eigenvalue weighted by molar-refractivity contribution is 5.94. The molecule has 1 saturated heterocycles. The van der Waals surface area contributed by atoms with Crippen molar-refractivity contribution < 1.29 is 9.59 Å². The number of hydrogen-bond donors (Lipinski definition) is 1. The van der Waals surface area contributed by atoms with E-state index in [2.05, 4.69) is 10.1 Å². The molecular formula is C17H22N6O2. The summed E-state index contributed by atoms with van der Waals surface area (Å²) in [6.07, 6.45) is 1.59. The zero-order chi connectivity index (χ0) is 18.0. The number of piperazine rings is 1. The molecule has 3 heterocycles. The van der Waals surface area contributed by atoms with E-state index in [4.69, 9.17) is 5.73 Å². The molecule has 0 spiro atoms. The molecule has 8 nitrogen and oxygen atoms in total. The van der Waals surface area contributed by atoms with Gasteiger partial charge in [0.05, 0.1) is 17.8 Å². The monoisotopic (exact) mass is 342 g/mol. The Morgan fingerprint density at radius 3 is 2.40 bits per heavy atom. The van der Waals surface area contributed by atoms with Gasteiger partial charge in [-0.1, -0.05) is 0 Å². The van der Waals surface area contributed by atoms with Gasteiger partial charge in [-0.25, -0.2) is 9.67 Å². The van der Waals surface area contributed by atoms with Crippen LogP contribution in [0.3, 0.4) is 0 Å². The lowest BCUT2D eigenvalue weighted by Gasteiger charge is -2.34. The first kappa shape index (κ1) is 17.1. The van der Waals surface area contributed by atoms with E-state index in [1.807, 2.05) is 24.8 Å². The second-order valence-electron chi connectivity index (χ2n) is 6.28. The lowest BCUT2D eigenvalue weighted by molar-refractivity contribution is -0.119. The number of carbonyl (C=O) groups excluding carboxylic acids is 2. The van der Waals surface area contributed by atoms with Gasteiger partial charge >= 0.3 is 0 Å². The Morgan fingerprint density at radius 2 is 1.88 bits per heavy atom. The lowest BCUT2D eigenvalue weighted by Crippen LogP contribution is -2.50. The molecule has 25 heavy (non-hydrogen) atoms. The molecule has 1 fully saturated rings. The molecule has 8 heteroatoms. The fraction of sp³-hybridized carbons (Fsp3) is 0.412. The van der Waals surface area contributed by atoms with Crippen molar-refractivity contribution in [3.63, 3.8) is 0 Å². The molecule has 2 amide bonds. The molecule has 1 aliphatic rings. The van der Waals surface area contributed by atoms with Crippen LogP contribution in [-0.2, 0) is 4.79 Å². The molecule has 2 N–H and O–H groups in total. The Bertz CT molecular complexity index is 775. The van der Waals surface area contributed by atoms with Crippen LogP contribution in [0.25, 0.3) is 5.82 Å². The minimum atomic E-state index is -0.344. The maximum Gasteiger partial charge on any atom is 0.255 e. The van der Waals surface area contributed by atoms with Gasteiger partial charge in [-0.2, -0.15) is 5.10 Å². The number of nitrogens with zero attached hydrogens (tertiary/aromatic N) is 5. The summed E-state index contributed by atoms with van der Waals surface area (Å²) in [6, 6.07) is 5.55. The number of rotatable bonds is 4. The second kappa shape index (κ2) is 7.02. The van der Waals surface area contributed by atoms with E-state index in [0.717, 1.165) is 11.4 Å². The molecule has 0 aliphatic carbocycles. The summed E-state index contributed by atoms with van der Waals surface area (Å²) in [4.78, 5) is 31.7. The Balaban J connectivity index is 1.65. The molecule has 0 aromatic carbocycles.